The zero-order valence-corrected chi connectivity index (χ0v) is 23.2. The van der Waals surface area contributed by atoms with Crippen LogP contribution in [0.15, 0.2) is 15.0 Å². The van der Waals surface area contributed by atoms with E-state index in [4.69, 9.17) is 24.6 Å². The number of fused-ring (bicyclic) bond motifs is 3. The fourth-order valence-electron chi connectivity index (χ4n) is 7.40. The summed E-state index contributed by atoms with van der Waals surface area (Å²) in [5.41, 5.74) is 7.13. The van der Waals surface area contributed by atoms with Crippen LogP contribution in [0.2, 0.25) is 22.2 Å². The van der Waals surface area contributed by atoms with Crippen molar-refractivity contribution in [3.63, 3.8) is 0 Å². The highest BCUT2D eigenvalue weighted by Gasteiger charge is 2.77. The van der Waals surface area contributed by atoms with Crippen LogP contribution in [0.3, 0.4) is 0 Å². The maximum Gasteiger partial charge on any atom is 0.231 e. The van der Waals surface area contributed by atoms with Gasteiger partial charge in [-0.2, -0.15) is 0 Å². The molecule has 2 fully saturated rings. The minimum Gasteiger partial charge on any atom is -0.450 e. The predicted octanol–water partition coefficient (Wildman–Crippen LogP) is 2.27. The van der Waals surface area contributed by atoms with E-state index in [1.165, 1.54) is 0 Å². The summed E-state index contributed by atoms with van der Waals surface area (Å²) in [6, 6.07) is 0. The Morgan fingerprint density at radius 3 is 2.15 bits per heavy atom. The van der Waals surface area contributed by atoms with E-state index in [1.54, 1.807) is 6.34 Å². The minimum absolute atomic E-state index is 0.0671. The molecule has 0 spiro atoms. The summed E-state index contributed by atoms with van der Waals surface area (Å²) in [4.78, 5) is 16.5. The molecule has 1 unspecified atom stereocenters. The van der Waals surface area contributed by atoms with Gasteiger partial charge in [0.2, 0.25) is 16.6 Å². The fourth-order valence-corrected chi connectivity index (χ4v) is 23.5. The molecule has 33 heavy (non-hydrogen) atoms. The summed E-state index contributed by atoms with van der Waals surface area (Å²) in [5, 5.41) is 20.7. The molecule has 0 aliphatic carbocycles. The summed E-state index contributed by atoms with van der Waals surface area (Å²) in [6.07, 6.45) is 0.854. The van der Waals surface area contributed by atoms with Gasteiger partial charge < -0.3 is 24.8 Å². The lowest BCUT2D eigenvalue weighted by atomic mass is 10.1. The first kappa shape index (κ1) is 25.0. The number of ether oxygens (including phenoxy) is 1. The minimum atomic E-state index is -3.09. The molecule has 0 radical (unpaired) electrons. The lowest BCUT2D eigenvalue weighted by Gasteiger charge is -2.59. The van der Waals surface area contributed by atoms with Crippen LogP contribution in [0.4, 0.5) is 0 Å². The molecule has 0 aromatic rings. The molecule has 4 N–H and O–H groups in total. The Hall–Kier alpha value is -1.12. The Labute approximate surface area is 199 Å². The summed E-state index contributed by atoms with van der Waals surface area (Å²) in [6.45, 7) is 17.3. The molecule has 4 aliphatic rings. The van der Waals surface area contributed by atoms with Crippen LogP contribution >= 0.6 is 0 Å². The van der Waals surface area contributed by atoms with E-state index in [0.717, 1.165) is 5.84 Å². The van der Waals surface area contributed by atoms with E-state index >= 15 is 0 Å². The van der Waals surface area contributed by atoms with Gasteiger partial charge in [0.1, 0.15) is 35.9 Å². The van der Waals surface area contributed by atoms with E-state index < -0.39 is 39.4 Å². The van der Waals surface area contributed by atoms with Crippen LogP contribution in [-0.2, 0) is 8.85 Å². The van der Waals surface area contributed by atoms with Crippen LogP contribution in [0.25, 0.3) is 0 Å². The maximum atomic E-state index is 12.6. The molecule has 11 heteroatoms. The van der Waals surface area contributed by atoms with Gasteiger partial charge in [-0.1, -0.05) is 55.4 Å². The van der Waals surface area contributed by atoms with Gasteiger partial charge in [-0.25, -0.2) is 9.98 Å². The van der Waals surface area contributed by atoms with Crippen LogP contribution < -0.4 is 5.73 Å². The van der Waals surface area contributed by atoms with Crippen molar-refractivity contribution < 1.29 is 19.1 Å². The van der Waals surface area contributed by atoms with Gasteiger partial charge >= 0.3 is 0 Å². The van der Waals surface area contributed by atoms with Crippen molar-refractivity contribution in [2.45, 2.75) is 107 Å². The standard InChI is InChI=1S/C22H41N5O4Si2/c1-13(2)32(14(3)4)21(29)9-18(30-17(21)10-28)27-12-26-22(19(23)24-11-25-20(22)27)33(31-32,15(5)6)16(7)8/h12-18,28-29H,9-11H2,1-8H3,(H2,23,24)/t17-,18-,21-,22?/m1/s1. The first-order valence-corrected chi connectivity index (χ1v) is 16.4. The Morgan fingerprint density at radius 2 is 1.64 bits per heavy atom. The highest BCUT2D eigenvalue weighted by atomic mass is 28.4. The Kier molecular flexibility index (Phi) is 6.02. The van der Waals surface area contributed by atoms with Gasteiger partial charge in [0.15, 0.2) is 5.16 Å². The Balaban J connectivity index is 2.13. The van der Waals surface area contributed by atoms with Gasteiger partial charge in [-0.3, -0.25) is 9.89 Å². The van der Waals surface area contributed by atoms with Crippen molar-refractivity contribution in [2.75, 3.05) is 13.3 Å². The highest BCUT2D eigenvalue weighted by Crippen LogP contribution is 2.58. The summed E-state index contributed by atoms with van der Waals surface area (Å²) < 4.78 is 14.1. The number of aliphatic imine (C=N–C) groups is 3. The van der Waals surface area contributed by atoms with E-state index in [2.05, 4.69) is 60.4 Å². The van der Waals surface area contributed by atoms with E-state index in [9.17, 15) is 10.2 Å². The van der Waals surface area contributed by atoms with Crippen molar-refractivity contribution in [1.82, 2.24) is 4.90 Å². The molecular formula is C22H41N5O4Si2. The smallest absolute Gasteiger partial charge is 0.231 e. The normalized spacial score (nSPS) is 36.7. The van der Waals surface area contributed by atoms with E-state index in [0.29, 0.717) is 12.3 Å². The lowest BCUT2D eigenvalue weighted by Crippen LogP contribution is -2.80. The quantitative estimate of drug-likeness (QED) is 0.503. The number of rotatable bonds is 5. The van der Waals surface area contributed by atoms with Crippen LogP contribution in [-0.4, -0.2) is 85.8 Å². The number of aliphatic hydroxyl groups excluding tert-OH is 1. The van der Waals surface area contributed by atoms with Crippen LogP contribution in [0.5, 0.6) is 0 Å². The molecular weight excluding hydrogens is 454 g/mol. The molecule has 186 valence electrons. The summed E-state index contributed by atoms with van der Waals surface area (Å²) >= 11 is 0. The molecule has 4 heterocycles. The summed E-state index contributed by atoms with van der Waals surface area (Å²) in [5.74, 6) is 1.19. The van der Waals surface area contributed by atoms with Crippen molar-refractivity contribution in [1.29, 1.82) is 0 Å². The van der Waals surface area contributed by atoms with Crippen LogP contribution in [0, 0.1) is 0 Å². The molecule has 2 saturated heterocycles. The Morgan fingerprint density at radius 1 is 1.06 bits per heavy atom. The lowest BCUT2D eigenvalue weighted by molar-refractivity contribution is -0.0619. The van der Waals surface area contributed by atoms with E-state index in [1.807, 2.05) is 4.90 Å². The largest absolute Gasteiger partial charge is 0.450 e. The second-order valence-corrected chi connectivity index (χ2v) is 21.4. The van der Waals surface area contributed by atoms with Gasteiger partial charge in [0.05, 0.1) is 12.9 Å². The fraction of sp³-hybridized carbons (Fsp3) is 0.864. The van der Waals surface area contributed by atoms with Gasteiger partial charge in [0.25, 0.3) is 0 Å². The van der Waals surface area contributed by atoms with Crippen LogP contribution in [0.1, 0.15) is 61.8 Å². The topological polar surface area (TPSA) is 125 Å². The molecule has 9 nitrogen and oxygen atoms in total. The average Bonchev–Trinajstić information content (AvgIpc) is 3.28. The number of hydrogen-bond donors (Lipinski definition) is 3. The highest BCUT2D eigenvalue weighted by molar-refractivity contribution is 6.96. The molecule has 4 aliphatic heterocycles. The summed E-state index contributed by atoms with van der Waals surface area (Å²) in [7, 11) is -6.13. The molecule has 0 amide bonds. The number of amidine groups is 2. The average molecular weight is 496 g/mol. The van der Waals surface area contributed by atoms with Gasteiger partial charge in [-0.15, -0.1) is 0 Å². The van der Waals surface area contributed by atoms with Crippen molar-refractivity contribution >= 4 is 34.6 Å². The monoisotopic (exact) mass is 495 g/mol. The number of nitrogens with two attached hydrogens (primary N) is 1. The molecule has 4 rings (SSSR count). The first-order valence-electron chi connectivity index (χ1n) is 12.2. The van der Waals surface area contributed by atoms with Gasteiger partial charge in [-0.05, 0) is 22.2 Å². The van der Waals surface area contributed by atoms with Gasteiger partial charge in [0, 0.05) is 6.42 Å². The third-order valence-electron chi connectivity index (χ3n) is 8.60. The van der Waals surface area contributed by atoms with E-state index in [-0.39, 0.29) is 35.4 Å². The number of aliphatic hydroxyl groups is 2. The molecule has 0 aromatic heterocycles. The first-order chi connectivity index (χ1) is 15.4. The second-order valence-electron chi connectivity index (χ2n) is 11.2. The zero-order chi connectivity index (χ0) is 24.6. The molecule has 4 bridgehead atoms. The third kappa shape index (κ3) is 2.80. The third-order valence-corrected chi connectivity index (χ3v) is 21.8. The van der Waals surface area contributed by atoms with Crippen molar-refractivity contribution in [3.8, 4) is 0 Å². The molecule has 4 atom stereocenters. The van der Waals surface area contributed by atoms with Crippen molar-refractivity contribution in [3.05, 3.63) is 0 Å². The SMILES string of the molecule is CC(C)[Si]1(C(C)C)O[Si](C(C)C)(C(C)C)[C@]2(O)C[C@@H](O[C@@H]2CO)N2C=NC13C(N)=NCN=C23. The maximum absolute atomic E-state index is 12.6. The Bertz CT molecular complexity index is 876. The number of hydrogen-bond acceptors (Lipinski definition) is 9. The molecule has 0 aromatic carbocycles. The molecule has 0 saturated carbocycles. The number of nitrogens with zero attached hydrogens (tertiary/aromatic N) is 4. The second kappa shape index (κ2) is 7.95. The zero-order valence-electron chi connectivity index (χ0n) is 21.2. The predicted molar refractivity (Wildman–Crippen MR) is 135 cm³/mol. The van der Waals surface area contributed by atoms with Crippen molar-refractivity contribution in [2.24, 2.45) is 20.7 Å².